The van der Waals surface area contributed by atoms with Crippen LogP contribution in [0.1, 0.15) is 52.0 Å². The average molecular weight is 295 g/mol. The first-order chi connectivity index (χ1) is 9.75. The molecule has 2 N–H and O–H groups in total. The van der Waals surface area contributed by atoms with Crippen molar-refractivity contribution in [3.05, 3.63) is 35.4 Å². The summed E-state index contributed by atoms with van der Waals surface area (Å²) in [4.78, 5) is 0. The molecule has 0 heterocycles. The lowest BCUT2D eigenvalue weighted by molar-refractivity contribution is 0.139. The maximum absolute atomic E-state index is 13.2. The summed E-state index contributed by atoms with van der Waals surface area (Å²) < 4.78 is 26.4. The molecule has 0 amide bonds. The number of rotatable bonds is 3. The summed E-state index contributed by atoms with van der Waals surface area (Å²) in [6.07, 6.45) is 5.22. The van der Waals surface area contributed by atoms with Gasteiger partial charge in [0.05, 0.1) is 0 Å². The van der Waals surface area contributed by atoms with Crippen molar-refractivity contribution < 1.29 is 8.78 Å². The molecule has 1 aromatic rings. The molecule has 0 radical (unpaired) electrons. The van der Waals surface area contributed by atoms with Crippen molar-refractivity contribution in [2.45, 2.75) is 58.9 Å². The van der Waals surface area contributed by atoms with Crippen LogP contribution in [0.4, 0.5) is 8.78 Å². The molecule has 0 bridgehead atoms. The summed E-state index contributed by atoms with van der Waals surface area (Å²) >= 11 is 0. The van der Waals surface area contributed by atoms with Crippen LogP contribution in [0.5, 0.6) is 0 Å². The molecule has 1 aliphatic rings. The summed E-state index contributed by atoms with van der Waals surface area (Å²) in [6, 6.07) is 3.68. The Morgan fingerprint density at radius 1 is 1.05 bits per heavy atom. The normalized spacial score (nSPS) is 24.9. The molecular formula is C18H27F2N. The highest BCUT2D eigenvalue weighted by Crippen LogP contribution is 2.40. The third-order valence-corrected chi connectivity index (χ3v) is 5.00. The summed E-state index contributed by atoms with van der Waals surface area (Å²) in [5, 5.41) is 0. The van der Waals surface area contributed by atoms with E-state index in [9.17, 15) is 8.78 Å². The monoisotopic (exact) mass is 295 g/mol. The molecule has 1 unspecified atom stereocenters. The predicted octanol–water partition coefficient (Wildman–Crippen LogP) is 4.69. The number of nitrogens with two attached hydrogens (primary N) is 1. The largest absolute Gasteiger partial charge is 0.327 e. The van der Waals surface area contributed by atoms with E-state index in [0.717, 1.165) is 24.8 Å². The molecular weight excluding hydrogens is 268 g/mol. The van der Waals surface area contributed by atoms with Crippen molar-refractivity contribution in [3.63, 3.8) is 0 Å². The van der Waals surface area contributed by atoms with E-state index in [1.54, 1.807) is 0 Å². The Morgan fingerprint density at radius 2 is 1.57 bits per heavy atom. The van der Waals surface area contributed by atoms with Crippen LogP contribution in [0.2, 0.25) is 0 Å². The van der Waals surface area contributed by atoms with E-state index in [4.69, 9.17) is 5.73 Å². The zero-order valence-electron chi connectivity index (χ0n) is 13.3. The minimum absolute atomic E-state index is 0.00730. The number of benzene rings is 1. The Bertz CT molecular complexity index is 450. The van der Waals surface area contributed by atoms with E-state index in [1.165, 1.54) is 25.0 Å². The van der Waals surface area contributed by atoms with Crippen molar-refractivity contribution in [2.24, 2.45) is 23.0 Å². The fraction of sp³-hybridized carbons (Fsp3) is 0.667. The average Bonchev–Trinajstić information content (AvgIpc) is 2.36. The van der Waals surface area contributed by atoms with Crippen LogP contribution < -0.4 is 5.73 Å². The standard InChI is InChI=1S/C18H27F2N/c1-18(2,3)14-6-4-13(5-7-14)17(21)10-12-8-15(19)11-16(20)9-12/h8-9,11,13-14,17H,4-7,10,21H2,1-3H3. The maximum atomic E-state index is 13.2. The molecule has 118 valence electrons. The third-order valence-electron chi connectivity index (χ3n) is 5.00. The van der Waals surface area contributed by atoms with Gasteiger partial charge in [-0.15, -0.1) is 0 Å². The van der Waals surface area contributed by atoms with Gasteiger partial charge in [0, 0.05) is 12.1 Å². The van der Waals surface area contributed by atoms with Crippen molar-refractivity contribution in [1.29, 1.82) is 0 Å². The Hall–Kier alpha value is -0.960. The Kier molecular flexibility index (Phi) is 5.03. The maximum Gasteiger partial charge on any atom is 0.126 e. The summed E-state index contributed by atoms with van der Waals surface area (Å²) in [5.74, 6) is 0.185. The quantitative estimate of drug-likeness (QED) is 0.860. The first-order valence-electron chi connectivity index (χ1n) is 7.96. The number of hydrogen-bond acceptors (Lipinski definition) is 1. The van der Waals surface area contributed by atoms with Crippen LogP contribution in [0.15, 0.2) is 18.2 Å². The van der Waals surface area contributed by atoms with Gasteiger partial charge in [0.15, 0.2) is 0 Å². The molecule has 0 aliphatic heterocycles. The van der Waals surface area contributed by atoms with Crippen LogP contribution in [0.3, 0.4) is 0 Å². The van der Waals surface area contributed by atoms with E-state index in [-0.39, 0.29) is 6.04 Å². The topological polar surface area (TPSA) is 26.0 Å². The van der Waals surface area contributed by atoms with E-state index < -0.39 is 11.6 Å². The van der Waals surface area contributed by atoms with Crippen molar-refractivity contribution >= 4 is 0 Å². The molecule has 1 aliphatic carbocycles. The van der Waals surface area contributed by atoms with Gasteiger partial charge in [-0.3, -0.25) is 0 Å². The molecule has 0 aromatic heterocycles. The SMILES string of the molecule is CC(C)(C)C1CCC(C(N)Cc2cc(F)cc(F)c2)CC1. The first-order valence-corrected chi connectivity index (χ1v) is 7.96. The van der Waals surface area contributed by atoms with Gasteiger partial charge in [0.25, 0.3) is 0 Å². The zero-order valence-corrected chi connectivity index (χ0v) is 13.3. The Labute approximate surface area is 126 Å². The molecule has 1 atom stereocenters. The lowest BCUT2D eigenvalue weighted by Gasteiger charge is -2.38. The van der Waals surface area contributed by atoms with Crippen LogP contribution in [-0.4, -0.2) is 6.04 Å². The Morgan fingerprint density at radius 3 is 2.05 bits per heavy atom. The number of hydrogen-bond donors (Lipinski definition) is 1. The second-order valence-electron chi connectivity index (χ2n) is 7.62. The fourth-order valence-corrected chi connectivity index (χ4v) is 3.58. The molecule has 1 nitrogen and oxygen atoms in total. The fourth-order valence-electron chi connectivity index (χ4n) is 3.58. The van der Waals surface area contributed by atoms with Crippen molar-refractivity contribution in [3.8, 4) is 0 Å². The van der Waals surface area contributed by atoms with E-state index in [0.29, 0.717) is 23.3 Å². The third kappa shape index (κ3) is 4.50. The van der Waals surface area contributed by atoms with Crippen molar-refractivity contribution in [2.75, 3.05) is 0 Å². The second-order valence-corrected chi connectivity index (χ2v) is 7.62. The van der Waals surface area contributed by atoms with Crippen LogP contribution in [0.25, 0.3) is 0 Å². The molecule has 0 saturated heterocycles. The van der Waals surface area contributed by atoms with Gasteiger partial charge < -0.3 is 5.73 Å². The van der Waals surface area contributed by atoms with Gasteiger partial charge in [-0.1, -0.05) is 20.8 Å². The van der Waals surface area contributed by atoms with Crippen LogP contribution in [0, 0.1) is 28.9 Å². The summed E-state index contributed by atoms with van der Waals surface area (Å²) in [7, 11) is 0. The van der Waals surface area contributed by atoms with E-state index in [2.05, 4.69) is 20.8 Å². The second kappa shape index (κ2) is 6.43. The van der Waals surface area contributed by atoms with E-state index >= 15 is 0 Å². The molecule has 1 aromatic carbocycles. The molecule has 0 spiro atoms. The highest BCUT2D eigenvalue weighted by Gasteiger charge is 2.31. The van der Waals surface area contributed by atoms with Gasteiger partial charge >= 0.3 is 0 Å². The molecule has 1 saturated carbocycles. The van der Waals surface area contributed by atoms with Crippen LogP contribution >= 0.6 is 0 Å². The van der Waals surface area contributed by atoms with Crippen molar-refractivity contribution in [1.82, 2.24) is 0 Å². The molecule has 1 fully saturated rings. The van der Waals surface area contributed by atoms with E-state index in [1.807, 2.05) is 0 Å². The van der Waals surface area contributed by atoms with Gasteiger partial charge in [0.1, 0.15) is 11.6 Å². The highest BCUT2D eigenvalue weighted by molar-refractivity contribution is 5.19. The first kappa shape index (κ1) is 16.4. The molecule has 2 rings (SSSR count). The zero-order chi connectivity index (χ0) is 15.6. The minimum atomic E-state index is -0.520. The Balaban J connectivity index is 1.91. The lowest BCUT2D eigenvalue weighted by Crippen LogP contribution is -2.37. The van der Waals surface area contributed by atoms with Gasteiger partial charge in [-0.05, 0) is 67.1 Å². The van der Waals surface area contributed by atoms with Gasteiger partial charge in [-0.2, -0.15) is 0 Å². The highest BCUT2D eigenvalue weighted by atomic mass is 19.1. The van der Waals surface area contributed by atoms with Gasteiger partial charge in [0.2, 0.25) is 0 Å². The summed E-state index contributed by atoms with van der Waals surface area (Å²) in [6.45, 7) is 6.90. The van der Waals surface area contributed by atoms with Gasteiger partial charge in [-0.25, -0.2) is 8.78 Å². The predicted molar refractivity (Wildman–Crippen MR) is 82.9 cm³/mol. The lowest BCUT2D eigenvalue weighted by atomic mass is 9.68. The van der Waals surface area contributed by atoms with Crippen LogP contribution in [-0.2, 0) is 6.42 Å². The molecule has 3 heteroatoms. The smallest absolute Gasteiger partial charge is 0.126 e. The number of halogens is 2. The summed E-state index contributed by atoms with van der Waals surface area (Å²) in [5.41, 5.74) is 7.32. The minimum Gasteiger partial charge on any atom is -0.327 e. The molecule has 21 heavy (non-hydrogen) atoms.